The van der Waals surface area contributed by atoms with Crippen molar-refractivity contribution in [1.82, 2.24) is 4.98 Å². The van der Waals surface area contributed by atoms with Crippen molar-refractivity contribution in [2.45, 2.75) is 23.1 Å². The van der Waals surface area contributed by atoms with Crippen LogP contribution >= 0.6 is 27.7 Å². The molecule has 1 aliphatic rings. The fourth-order valence-electron chi connectivity index (χ4n) is 3.01. The quantitative estimate of drug-likeness (QED) is 0.434. The van der Waals surface area contributed by atoms with E-state index in [-0.39, 0.29) is 5.75 Å². The van der Waals surface area contributed by atoms with Crippen LogP contribution < -0.4 is 5.06 Å². The van der Waals surface area contributed by atoms with E-state index >= 15 is 0 Å². The zero-order valence-electron chi connectivity index (χ0n) is 15.0. The number of aromatic nitrogens is 1. The lowest BCUT2D eigenvalue weighted by Gasteiger charge is -2.32. The summed E-state index contributed by atoms with van der Waals surface area (Å²) in [6.07, 6.45) is 0.480. The van der Waals surface area contributed by atoms with Gasteiger partial charge < -0.3 is 0 Å². The van der Waals surface area contributed by atoms with Gasteiger partial charge in [0.1, 0.15) is 4.60 Å². The summed E-state index contributed by atoms with van der Waals surface area (Å²) in [6, 6.07) is 19.1. The molecule has 0 spiro atoms. The van der Waals surface area contributed by atoms with E-state index in [1.54, 1.807) is 11.8 Å². The molecule has 1 aromatic heterocycles. The van der Waals surface area contributed by atoms with Gasteiger partial charge in [0, 0.05) is 15.4 Å². The normalized spacial score (nSPS) is 13.1. The van der Waals surface area contributed by atoms with Gasteiger partial charge in [-0.15, -0.1) is 4.28 Å². The predicted molar refractivity (Wildman–Crippen MR) is 115 cm³/mol. The van der Waals surface area contributed by atoms with E-state index in [2.05, 4.69) is 20.9 Å². The molecule has 0 aliphatic carbocycles. The van der Waals surface area contributed by atoms with E-state index in [0.29, 0.717) is 22.4 Å². The fourth-order valence-corrected chi connectivity index (χ4v) is 5.38. The number of hydrogen-bond donors (Lipinski definition) is 0. The zero-order chi connectivity index (χ0) is 19.7. The van der Waals surface area contributed by atoms with Gasteiger partial charge in [-0.2, -0.15) is 8.42 Å². The molecule has 28 heavy (non-hydrogen) atoms. The summed E-state index contributed by atoms with van der Waals surface area (Å²) in [5.41, 5.74) is 2.90. The molecule has 0 N–H and O–H groups in total. The summed E-state index contributed by atoms with van der Waals surface area (Å²) < 4.78 is 31.4. The first kappa shape index (κ1) is 19.4. The third-order valence-electron chi connectivity index (χ3n) is 4.14. The van der Waals surface area contributed by atoms with Crippen molar-refractivity contribution in [2.24, 2.45) is 0 Å². The van der Waals surface area contributed by atoms with Crippen LogP contribution in [0.3, 0.4) is 0 Å². The summed E-state index contributed by atoms with van der Waals surface area (Å²) in [5.74, 6) is -0.0502. The first-order chi connectivity index (χ1) is 13.5. The van der Waals surface area contributed by atoms with Crippen LogP contribution in [-0.2, 0) is 14.4 Å². The highest BCUT2D eigenvalue weighted by Gasteiger charge is 2.31. The van der Waals surface area contributed by atoms with Crippen molar-refractivity contribution in [3.63, 3.8) is 0 Å². The van der Waals surface area contributed by atoms with E-state index in [4.69, 9.17) is 4.28 Å². The van der Waals surface area contributed by atoms with Crippen LogP contribution in [-0.4, -0.2) is 19.2 Å². The lowest BCUT2D eigenvalue weighted by molar-refractivity contribution is 0.319. The second-order valence-electron chi connectivity index (χ2n) is 6.20. The molecule has 2 aromatic carbocycles. The smallest absolute Gasteiger partial charge is 0.241 e. The molecule has 0 fully saturated rings. The van der Waals surface area contributed by atoms with Crippen LogP contribution in [0.25, 0.3) is 11.3 Å². The number of fused-ring (bicyclic) bond motifs is 2. The topological polar surface area (TPSA) is 59.5 Å². The van der Waals surface area contributed by atoms with Gasteiger partial charge in [-0.25, -0.2) is 10.0 Å². The molecule has 0 bridgehead atoms. The molecule has 1 aliphatic heterocycles. The van der Waals surface area contributed by atoms with Gasteiger partial charge in [0.25, 0.3) is 10.1 Å². The lowest BCUT2D eigenvalue weighted by Crippen LogP contribution is -2.27. The molecule has 2 heterocycles. The second kappa shape index (κ2) is 7.87. The number of pyridine rings is 1. The molecule has 0 amide bonds. The Morgan fingerprint density at radius 3 is 2.57 bits per heavy atom. The summed E-state index contributed by atoms with van der Waals surface area (Å²) in [7, 11) is -3.74. The lowest BCUT2D eigenvalue weighted by atomic mass is 10.1. The molecule has 3 aromatic rings. The molecule has 5 nitrogen and oxygen atoms in total. The number of anilines is 2. The Hall–Kier alpha value is -1.87. The Morgan fingerprint density at radius 2 is 1.79 bits per heavy atom. The number of nitrogens with zero attached hydrogens (tertiary/aromatic N) is 2. The van der Waals surface area contributed by atoms with E-state index in [1.165, 1.54) is 5.06 Å². The van der Waals surface area contributed by atoms with Gasteiger partial charge in [0.2, 0.25) is 0 Å². The third kappa shape index (κ3) is 3.82. The molecule has 0 unspecified atom stereocenters. The Labute approximate surface area is 177 Å². The minimum Gasteiger partial charge on any atom is -0.241 e. The van der Waals surface area contributed by atoms with E-state index in [1.807, 2.05) is 67.6 Å². The molecule has 0 saturated heterocycles. The zero-order valence-corrected chi connectivity index (χ0v) is 18.2. The third-order valence-corrected chi connectivity index (χ3v) is 6.98. The number of halogens is 1. The molecule has 144 valence electrons. The van der Waals surface area contributed by atoms with Crippen LogP contribution in [0.5, 0.6) is 0 Å². The minimum atomic E-state index is -3.74. The Kier molecular flexibility index (Phi) is 5.46. The fraction of sp³-hybridized carbons (Fsp3) is 0.150. The molecule has 0 radical (unpaired) electrons. The van der Waals surface area contributed by atoms with Gasteiger partial charge in [-0.3, -0.25) is 0 Å². The first-order valence-corrected chi connectivity index (χ1v) is 11.9. The Balaban J connectivity index is 1.92. The van der Waals surface area contributed by atoms with Crippen LogP contribution in [0.1, 0.15) is 13.3 Å². The highest BCUT2D eigenvalue weighted by Crippen LogP contribution is 2.51. The van der Waals surface area contributed by atoms with Crippen LogP contribution in [0.15, 0.2) is 75.1 Å². The highest BCUT2D eigenvalue weighted by molar-refractivity contribution is 9.10. The monoisotopic (exact) mass is 476 g/mol. The van der Waals surface area contributed by atoms with Gasteiger partial charge in [0.15, 0.2) is 0 Å². The number of para-hydroxylation sites is 2. The summed E-state index contributed by atoms with van der Waals surface area (Å²) in [4.78, 5) is 6.39. The highest BCUT2D eigenvalue weighted by atomic mass is 79.9. The van der Waals surface area contributed by atoms with E-state index < -0.39 is 10.1 Å². The number of hydrogen-bond acceptors (Lipinski definition) is 6. The van der Waals surface area contributed by atoms with Crippen molar-refractivity contribution >= 4 is 49.2 Å². The molecule has 0 atom stereocenters. The maximum absolute atomic E-state index is 12.5. The van der Waals surface area contributed by atoms with Crippen molar-refractivity contribution in [1.29, 1.82) is 0 Å². The van der Waals surface area contributed by atoms with Crippen LogP contribution in [0.2, 0.25) is 0 Å². The molecule has 0 saturated carbocycles. The maximum Gasteiger partial charge on any atom is 0.288 e. The van der Waals surface area contributed by atoms with Crippen molar-refractivity contribution in [3.05, 3.63) is 65.3 Å². The average molecular weight is 477 g/mol. The average Bonchev–Trinajstić information content (AvgIpc) is 2.67. The van der Waals surface area contributed by atoms with Gasteiger partial charge >= 0.3 is 0 Å². The van der Waals surface area contributed by atoms with E-state index in [0.717, 1.165) is 21.0 Å². The van der Waals surface area contributed by atoms with Gasteiger partial charge in [-0.05, 0) is 52.7 Å². The molecule has 8 heteroatoms. The Morgan fingerprint density at radius 1 is 1.04 bits per heavy atom. The van der Waals surface area contributed by atoms with Crippen LogP contribution in [0, 0.1) is 0 Å². The van der Waals surface area contributed by atoms with Gasteiger partial charge in [0.05, 0.1) is 22.8 Å². The SMILES string of the molecule is CCCS(=O)(=O)ON1c2ccccc2Sc2cccc(-c3cccc(Br)n3)c21. The molecular formula is C20H17BrN2O3S2. The van der Waals surface area contributed by atoms with Crippen molar-refractivity contribution in [2.75, 3.05) is 10.8 Å². The minimum absolute atomic E-state index is 0.0502. The van der Waals surface area contributed by atoms with Crippen LogP contribution in [0.4, 0.5) is 11.4 Å². The van der Waals surface area contributed by atoms with Crippen molar-refractivity contribution < 1.29 is 12.7 Å². The van der Waals surface area contributed by atoms with Crippen molar-refractivity contribution in [3.8, 4) is 11.3 Å². The van der Waals surface area contributed by atoms with E-state index in [9.17, 15) is 8.42 Å². The second-order valence-corrected chi connectivity index (χ2v) is 9.77. The predicted octanol–water partition coefficient (Wildman–Crippen LogP) is 5.79. The summed E-state index contributed by atoms with van der Waals surface area (Å²) in [6.45, 7) is 1.81. The summed E-state index contributed by atoms with van der Waals surface area (Å²) >= 11 is 4.99. The standard InChI is InChI=1S/C20H17BrN2O3S2/c1-2-13-28(24,25)26-23-16-9-3-4-10-17(16)27-18-11-5-7-14(20(18)23)15-8-6-12-19(21)22-15/h3-12H,2,13H2,1H3. The van der Waals surface area contributed by atoms with Gasteiger partial charge in [-0.1, -0.05) is 49.0 Å². The maximum atomic E-state index is 12.5. The summed E-state index contributed by atoms with van der Waals surface area (Å²) in [5, 5.41) is 1.43. The Bertz CT molecular complexity index is 1140. The number of benzene rings is 2. The largest absolute Gasteiger partial charge is 0.288 e. The molecule has 4 rings (SSSR count). The number of rotatable bonds is 5. The first-order valence-electron chi connectivity index (χ1n) is 8.74. The molecular weight excluding hydrogens is 460 g/mol.